The number of hydrogen-bond donors (Lipinski definition) is 1. The summed E-state index contributed by atoms with van der Waals surface area (Å²) < 4.78 is 11.9. The molecule has 86 valence electrons. The molecule has 16 heavy (non-hydrogen) atoms. The number of nitrogens with two attached hydrogens (primary N) is 1. The summed E-state index contributed by atoms with van der Waals surface area (Å²) in [4.78, 5) is 4.27. The predicted molar refractivity (Wildman–Crippen MR) is 66.3 cm³/mol. The van der Waals surface area contributed by atoms with E-state index in [1.54, 1.807) is 7.11 Å². The van der Waals surface area contributed by atoms with Crippen LogP contribution in [0.1, 0.15) is 13.8 Å². The number of aromatic nitrogens is 1. The number of nitrogen functional groups attached to an aromatic ring is 1. The summed E-state index contributed by atoms with van der Waals surface area (Å²) >= 11 is 1.41. The molecule has 0 spiro atoms. The van der Waals surface area contributed by atoms with Crippen molar-refractivity contribution >= 4 is 26.7 Å². The fourth-order valence-electron chi connectivity index (χ4n) is 1.49. The van der Waals surface area contributed by atoms with Crippen LogP contribution >= 0.6 is 11.3 Å². The number of nitrogens with zero attached hydrogens (tertiary/aromatic N) is 1. The Morgan fingerprint density at radius 1 is 1.31 bits per heavy atom. The van der Waals surface area contributed by atoms with E-state index in [2.05, 4.69) is 4.98 Å². The van der Waals surface area contributed by atoms with Crippen molar-refractivity contribution in [2.45, 2.75) is 20.0 Å². The smallest absolute Gasteiger partial charge is 0.181 e. The fourth-order valence-corrected chi connectivity index (χ4v) is 2.33. The number of fused-ring (bicyclic) bond motifs is 1. The zero-order valence-corrected chi connectivity index (χ0v) is 10.3. The van der Waals surface area contributed by atoms with E-state index in [4.69, 9.17) is 15.2 Å². The van der Waals surface area contributed by atoms with Crippen LogP contribution in [0.4, 0.5) is 5.13 Å². The Balaban J connectivity index is 2.59. The van der Waals surface area contributed by atoms with Crippen LogP contribution in [-0.2, 0) is 0 Å². The first kappa shape index (κ1) is 11.0. The van der Waals surface area contributed by atoms with Crippen LogP contribution in [0.2, 0.25) is 0 Å². The molecule has 0 saturated heterocycles. The second-order valence-corrected chi connectivity index (χ2v) is 4.69. The van der Waals surface area contributed by atoms with Gasteiger partial charge in [0.15, 0.2) is 5.13 Å². The lowest BCUT2D eigenvalue weighted by molar-refractivity contribution is 0.245. The van der Waals surface area contributed by atoms with Crippen molar-refractivity contribution < 1.29 is 9.47 Å². The summed E-state index contributed by atoms with van der Waals surface area (Å²) in [5.74, 6) is 1.53. The molecule has 5 heteroatoms. The van der Waals surface area contributed by atoms with Gasteiger partial charge in [-0.15, -0.1) is 0 Å². The highest BCUT2D eigenvalue weighted by Gasteiger charge is 2.13. The van der Waals surface area contributed by atoms with E-state index < -0.39 is 0 Å². The summed E-state index contributed by atoms with van der Waals surface area (Å²) in [7, 11) is 1.63. The van der Waals surface area contributed by atoms with Crippen molar-refractivity contribution in [1.29, 1.82) is 0 Å². The van der Waals surface area contributed by atoms with Crippen molar-refractivity contribution in [3.63, 3.8) is 0 Å². The summed E-state index contributed by atoms with van der Waals surface area (Å²) in [6, 6.07) is 3.73. The molecule has 0 aliphatic carbocycles. The van der Waals surface area contributed by atoms with Crippen LogP contribution in [0.15, 0.2) is 12.1 Å². The maximum atomic E-state index is 5.71. The molecule has 1 aromatic heterocycles. The first-order valence-corrected chi connectivity index (χ1v) is 5.83. The molecule has 1 heterocycles. The highest BCUT2D eigenvalue weighted by atomic mass is 32.1. The van der Waals surface area contributed by atoms with Gasteiger partial charge >= 0.3 is 0 Å². The monoisotopic (exact) mass is 238 g/mol. The van der Waals surface area contributed by atoms with Gasteiger partial charge in [-0.25, -0.2) is 4.98 Å². The molecule has 0 radical (unpaired) electrons. The molecule has 0 saturated carbocycles. The van der Waals surface area contributed by atoms with Crippen LogP contribution in [0.3, 0.4) is 0 Å². The van der Waals surface area contributed by atoms with Gasteiger partial charge in [-0.3, -0.25) is 0 Å². The van der Waals surface area contributed by atoms with E-state index in [1.807, 2.05) is 26.0 Å². The lowest BCUT2D eigenvalue weighted by atomic mass is 10.3. The zero-order valence-electron chi connectivity index (χ0n) is 9.48. The van der Waals surface area contributed by atoms with Crippen LogP contribution < -0.4 is 15.2 Å². The number of hydrogen-bond acceptors (Lipinski definition) is 5. The Kier molecular flexibility index (Phi) is 2.87. The van der Waals surface area contributed by atoms with Crippen molar-refractivity contribution in [2.24, 2.45) is 0 Å². The van der Waals surface area contributed by atoms with Gasteiger partial charge in [0.1, 0.15) is 21.7 Å². The Bertz CT molecular complexity index is 508. The molecule has 2 aromatic rings. The highest BCUT2D eigenvalue weighted by Crippen LogP contribution is 2.38. The molecular formula is C11H14N2O2S. The minimum atomic E-state index is 0.111. The summed E-state index contributed by atoms with van der Waals surface area (Å²) in [5.41, 5.74) is 6.48. The van der Waals surface area contributed by atoms with E-state index in [0.29, 0.717) is 5.13 Å². The summed E-state index contributed by atoms with van der Waals surface area (Å²) in [5, 5.41) is 0.521. The maximum Gasteiger partial charge on any atom is 0.181 e. The van der Waals surface area contributed by atoms with Gasteiger partial charge in [0, 0.05) is 0 Å². The van der Waals surface area contributed by atoms with Crippen molar-refractivity contribution in [2.75, 3.05) is 12.8 Å². The SMILES string of the molecule is COc1ccc(OC(C)C)c2nc(N)sc12. The van der Waals surface area contributed by atoms with E-state index in [-0.39, 0.29) is 6.10 Å². The normalized spacial score (nSPS) is 11.0. The van der Waals surface area contributed by atoms with Gasteiger partial charge in [0.05, 0.1) is 13.2 Å². The molecule has 0 unspecified atom stereocenters. The van der Waals surface area contributed by atoms with E-state index in [9.17, 15) is 0 Å². The van der Waals surface area contributed by atoms with E-state index >= 15 is 0 Å². The van der Waals surface area contributed by atoms with E-state index in [1.165, 1.54) is 11.3 Å². The minimum Gasteiger partial charge on any atom is -0.495 e. The van der Waals surface area contributed by atoms with Crippen molar-refractivity contribution in [1.82, 2.24) is 4.98 Å². The average Bonchev–Trinajstić information content (AvgIpc) is 2.59. The molecule has 0 aliphatic rings. The Labute approximate surface area is 98.0 Å². The molecule has 4 nitrogen and oxygen atoms in total. The maximum absolute atomic E-state index is 5.71. The number of thiazole rings is 1. The number of ether oxygens (including phenoxy) is 2. The van der Waals surface area contributed by atoms with Gasteiger partial charge in [-0.2, -0.15) is 0 Å². The van der Waals surface area contributed by atoms with Crippen molar-refractivity contribution in [3.05, 3.63) is 12.1 Å². The van der Waals surface area contributed by atoms with Gasteiger partial charge < -0.3 is 15.2 Å². The molecule has 0 atom stereocenters. The summed E-state index contributed by atoms with van der Waals surface area (Å²) in [6.45, 7) is 3.96. The number of benzene rings is 1. The Hall–Kier alpha value is -1.49. The molecule has 0 amide bonds. The number of methoxy groups -OCH3 is 1. The van der Waals surface area contributed by atoms with Crippen LogP contribution in [0.5, 0.6) is 11.5 Å². The minimum absolute atomic E-state index is 0.111. The van der Waals surface area contributed by atoms with Crippen LogP contribution in [-0.4, -0.2) is 18.2 Å². The van der Waals surface area contributed by atoms with Crippen molar-refractivity contribution in [3.8, 4) is 11.5 Å². The van der Waals surface area contributed by atoms with Crippen LogP contribution in [0, 0.1) is 0 Å². The predicted octanol–water partition coefficient (Wildman–Crippen LogP) is 2.67. The second kappa shape index (κ2) is 4.17. The van der Waals surface area contributed by atoms with Gasteiger partial charge in [-0.05, 0) is 26.0 Å². The third-order valence-electron chi connectivity index (χ3n) is 2.07. The molecule has 1 aromatic carbocycles. The zero-order chi connectivity index (χ0) is 11.7. The first-order valence-electron chi connectivity index (χ1n) is 5.01. The lowest BCUT2D eigenvalue weighted by Crippen LogP contribution is -2.05. The quantitative estimate of drug-likeness (QED) is 0.893. The topological polar surface area (TPSA) is 57.4 Å². The van der Waals surface area contributed by atoms with Crippen LogP contribution in [0.25, 0.3) is 10.2 Å². The Morgan fingerprint density at radius 2 is 2.00 bits per heavy atom. The number of rotatable bonds is 3. The number of anilines is 1. The molecule has 0 fully saturated rings. The largest absolute Gasteiger partial charge is 0.495 e. The third kappa shape index (κ3) is 1.90. The second-order valence-electron chi connectivity index (χ2n) is 3.66. The third-order valence-corrected chi connectivity index (χ3v) is 2.97. The summed E-state index contributed by atoms with van der Waals surface area (Å²) in [6.07, 6.45) is 0.111. The molecule has 2 N–H and O–H groups in total. The highest BCUT2D eigenvalue weighted by molar-refractivity contribution is 7.22. The molecule has 0 bridgehead atoms. The van der Waals surface area contributed by atoms with Gasteiger partial charge in [0.25, 0.3) is 0 Å². The molecular weight excluding hydrogens is 224 g/mol. The van der Waals surface area contributed by atoms with Gasteiger partial charge in [0.2, 0.25) is 0 Å². The van der Waals surface area contributed by atoms with Gasteiger partial charge in [-0.1, -0.05) is 11.3 Å². The first-order chi connectivity index (χ1) is 7.61. The lowest BCUT2D eigenvalue weighted by Gasteiger charge is -2.10. The fraction of sp³-hybridized carbons (Fsp3) is 0.364. The average molecular weight is 238 g/mol. The molecule has 0 aliphatic heterocycles. The Morgan fingerprint density at radius 3 is 2.62 bits per heavy atom. The molecule has 2 rings (SSSR count). The standard InChI is InChI=1S/C11H14N2O2S/c1-6(2)15-7-4-5-8(14-3)10-9(7)13-11(12)16-10/h4-6H,1-3H3,(H2,12,13). The van der Waals surface area contributed by atoms with E-state index in [0.717, 1.165) is 21.7 Å².